The lowest BCUT2D eigenvalue weighted by atomic mass is 10.3. The van der Waals surface area contributed by atoms with E-state index < -0.39 is 71.6 Å². The van der Waals surface area contributed by atoms with Crippen LogP contribution in [0.25, 0.3) is 0 Å². The van der Waals surface area contributed by atoms with Crippen LogP contribution in [0.1, 0.15) is 6.92 Å². The zero-order valence-corrected chi connectivity index (χ0v) is 14.3. The fourth-order valence-corrected chi connectivity index (χ4v) is 2.08. The predicted octanol–water partition coefficient (Wildman–Crippen LogP) is 2.06. The molecule has 166 valence electrons. The van der Waals surface area contributed by atoms with Gasteiger partial charge in [-0.3, -0.25) is 0 Å². The Morgan fingerprint density at radius 2 is 1.75 bits per heavy atom. The monoisotopic (exact) mass is 458 g/mol. The first kappa shape index (κ1) is 24.7. The molecule has 0 radical (unpaired) electrons. The van der Waals surface area contributed by atoms with Gasteiger partial charge in [-0.05, 0) is 6.92 Å². The summed E-state index contributed by atoms with van der Waals surface area (Å²) in [5.74, 6) is -11.0. The van der Waals surface area contributed by atoms with Crippen molar-refractivity contribution in [3.63, 3.8) is 0 Å². The molecule has 0 aromatic carbocycles. The molecule has 3 atom stereocenters. The first-order chi connectivity index (χ1) is 12.3. The average Bonchev–Trinajstić information content (AvgIpc) is 2.90. The van der Waals surface area contributed by atoms with Gasteiger partial charge in [0.05, 0.1) is 13.2 Å². The largest absolute Gasteiger partial charge is 0.465 e. The van der Waals surface area contributed by atoms with Crippen molar-refractivity contribution in [2.45, 2.75) is 42.5 Å². The normalized spacial score (nSPS) is 25.6. The lowest BCUT2D eigenvalue weighted by Gasteiger charge is -2.25. The highest BCUT2D eigenvalue weighted by molar-refractivity contribution is 7.86. The van der Waals surface area contributed by atoms with Crippen molar-refractivity contribution in [3.8, 4) is 0 Å². The molecule has 28 heavy (non-hydrogen) atoms. The quantitative estimate of drug-likeness (QED) is 0.313. The van der Waals surface area contributed by atoms with E-state index >= 15 is 0 Å². The van der Waals surface area contributed by atoms with E-state index in [2.05, 4.69) is 9.47 Å². The van der Waals surface area contributed by atoms with Crippen LogP contribution >= 0.6 is 0 Å². The highest BCUT2D eigenvalue weighted by atomic mass is 32.3. The molecule has 0 N–H and O–H groups in total. The number of esters is 1. The number of hydrogen-bond donors (Lipinski definition) is 0. The second kappa shape index (κ2) is 7.83. The Labute approximate surface area is 150 Å². The molecule has 1 heterocycles. The van der Waals surface area contributed by atoms with Crippen LogP contribution in [0.2, 0.25) is 0 Å². The molecule has 0 spiro atoms. The third-order valence-corrected chi connectivity index (χ3v) is 3.81. The van der Waals surface area contributed by atoms with E-state index in [0.29, 0.717) is 0 Å². The smallest absolute Gasteiger partial charge is 0.455 e. The van der Waals surface area contributed by atoms with Crippen molar-refractivity contribution in [2.75, 3.05) is 19.8 Å². The van der Waals surface area contributed by atoms with Crippen LogP contribution in [0.15, 0.2) is 0 Å². The molecule has 1 fully saturated rings. The standard InChI is InChI=1S/C11H11F9O7S/c1-8(4-24-7(21)9(13,14)11(17,18)19)25-2-5(27-8)3-26-10(15,16)6(12)28(20,22)23/h5-6H,2-4H2,1H3. The SMILES string of the molecule is CC1(COC(=O)C(F)(F)C(F)(F)F)OCC(COC(F)(F)C(F)S(=O)(=O)F)O1. The van der Waals surface area contributed by atoms with Crippen LogP contribution in [-0.2, 0) is 34.0 Å². The Kier molecular flexibility index (Phi) is 6.91. The van der Waals surface area contributed by atoms with Gasteiger partial charge in [0.15, 0.2) is 0 Å². The maximum absolute atomic E-state index is 13.1. The van der Waals surface area contributed by atoms with Crippen molar-refractivity contribution in [2.24, 2.45) is 0 Å². The van der Waals surface area contributed by atoms with Gasteiger partial charge >= 0.3 is 39.9 Å². The number of alkyl halides is 8. The summed E-state index contributed by atoms with van der Waals surface area (Å²) in [7, 11) is -6.31. The van der Waals surface area contributed by atoms with Gasteiger partial charge in [0.1, 0.15) is 12.7 Å². The van der Waals surface area contributed by atoms with E-state index in [0.717, 1.165) is 6.92 Å². The summed E-state index contributed by atoms with van der Waals surface area (Å²) in [5.41, 5.74) is -4.35. The molecule has 0 aromatic rings. The Bertz CT molecular complexity index is 680. The summed E-state index contributed by atoms with van der Waals surface area (Å²) >= 11 is 0. The molecule has 0 saturated carbocycles. The molecule has 7 nitrogen and oxygen atoms in total. The number of ether oxygens (including phenoxy) is 4. The van der Waals surface area contributed by atoms with E-state index in [9.17, 15) is 52.2 Å². The minimum absolute atomic E-state index is 0.681. The van der Waals surface area contributed by atoms with Gasteiger partial charge in [0.2, 0.25) is 5.79 Å². The van der Waals surface area contributed by atoms with Gasteiger partial charge in [0, 0.05) is 0 Å². The van der Waals surface area contributed by atoms with Gasteiger partial charge in [-0.2, -0.15) is 39.2 Å². The number of hydrogen-bond acceptors (Lipinski definition) is 7. The molecule has 1 rings (SSSR count). The van der Waals surface area contributed by atoms with Gasteiger partial charge in [-0.1, -0.05) is 0 Å². The summed E-state index contributed by atoms with van der Waals surface area (Å²) in [6.45, 7) is -2.44. The highest BCUT2D eigenvalue weighted by Crippen LogP contribution is 2.37. The summed E-state index contributed by atoms with van der Waals surface area (Å²) in [5, 5.41) is 0. The number of carbonyl (C=O) groups excluding carboxylic acids is 1. The minimum Gasteiger partial charge on any atom is -0.455 e. The van der Waals surface area contributed by atoms with E-state index in [4.69, 9.17) is 9.47 Å². The summed E-state index contributed by atoms with van der Waals surface area (Å²) in [6.07, 6.45) is -12.9. The Hall–Kier alpha value is -1.33. The zero-order chi connectivity index (χ0) is 22.2. The Balaban J connectivity index is 2.60. The van der Waals surface area contributed by atoms with Crippen LogP contribution in [0.3, 0.4) is 0 Å². The van der Waals surface area contributed by atoms with E-state index in [1.807, 2.05) is 0 Å². The van der Waals surface area contributed by atoms with Gasteiger partial charge in [0.25, 0.3) is 0 Å². The third kappa shape index (κ3) is 5.84. The lowest BCUT2D eigenvalue weighted by molar-refractivity contribution is -0.286. The first-order valence-electron chi connectivity index (χ1n) is 6.85. The fourth-order valence-electron chi connectivity index (χ4n) is 1.68. The van der Waals surface area contributed by atoms with Gasteiger partial charge in [-0.25, -0.2) is 9.18 Å². The lowest BCUT2D eigenvalue weighted by Crippen LogP contribution is -2.47. The van der Waals surface area contributed by atoms with E-state index in [1.54, 1.807) is 0 Å². The van der Waals surface area contributed by atoms with Crippen molar-refractivity contribution in [1.82, 2.24) is 0 Å². The molecule has 0 bridgehead atoms. The molecule has 0 aromatic heterocycles. The molecular weight excluding hydrogens is 447 g/mol. The second-order valence-electron chi connectivity index (χ2n) is 5.50. The molecule has 1 aliphatic rings. The molecule has 3 unspecified atom stereocenters. The summed E-state index contributed by atoms with van der Waals surface area (Å²) in [4.78, 5) is 10.9. The molecule has 1 saturated heterocycles. The van der Waals surface area contributed by atoms with Crippen molar-refractivity contribution >= 4 is 16.2 Å². The fraction of sp³-hybridized carbons (Fsp3) is 0.909. The number of rotatable bonds is 8. The predicted molar refractivity (Wildman–Crippen MR) is 67.0 cm³/mol. The minimum atomic E-state index is -6.31. The maximum atomic E-state index is 13.1. The van der Waals surface area contributed by atoms with Crippen molar-refractivity contribution in [1.29, 1.82) is 0 Å². The van der Waals surface area contributed by atoms with E-state index in [-0.39, 0.29) is 0 Å². The number of carbonyl (C=O) groups is 1. The van der Waals surface area contributed by atoms with Crippen LogP contribution in [0, 0.1) is 0 Å². The van der Waals surface area contributed by atoms with Gasteiger partial charge < -0.3 is 18.9 Å². The first-order valence-corrected chi connectivity index (χ1v) is 8.29. The molecule has 1 aliphatic heterocycles. The third-order valence-electron chi connectivity index (χ3n) is 3.04. The number of halogens is 9. The maximum Gasteiger partial charge on any atom is 0.465 e. The van der Waals surface area contributed by atoms with E-state index in [1.165, 1.54) is 0 Å². The molecule has 17 heteroatoms. The van der Waals surface area contributed by atoms with Crippen LogP contribution in [-0.4, -0.2) is 69.8 Å². The summed E-state index contributed by atoms with van der Waals surface area (Å²) in [6, 6.07) is 0. The molecule has 0 aliphatic carbocycles. The van der Waals surface area contributed by atoms with Crippen molar-refractivity contribution < 1.29 is 71.2 Å². The molecular formula is C11H11F9O7S. The van der Waals surface area contributed by atoms with Crippen LogP contribution in [0.5, 0.6) is 0 Å². The summed E-state index contributed by atoms with van der Waals surface area (Å²) < 4.78 is 150. The highest BCUT2D eigenvalue weighted by Gasteiger charge is 2.65. The van der Waals surface area contributed by atoms with Gasteiger partial charge in [-0.15, -0.1) is 3.89 Å². The zero-order valence-electron chi connectivity index (χ0n) is 13.4. The molecule has 0 amide bonds. The van der Waals surface area contributed by atoms with Crippen molar-refractivity contribution in [3.05, 3.63) is 0 Å². The van der Waals surface area contributed by atoms with Crippen LogP contribution in [0.4, 0.5) is 39.0 Å². The Morgan fingerprint density at radius 3 is 2.21 bits per heavy atom. The topological polar surface area (TPSA) is 88.1 Å². The average molecular weight is 458 g/mol. The van der Waals surface area contributed by atoms with Crippen LogP contribution < -0.4 is 0 Å². The second-order valence-corrected chi connectivity index (χ2v) is 6.86. The Morgan fingerprint density at radius 1 is 1.21 bits per heavy atom.